The second kappa shape index (κ2) is 20.8. The Labute approximate surface area is 350 Å². The van der Waals surface area contributed by atoms with Gasteiger partial charge in [0.1, 0.15) is 0 Å². The maximum absolute atomic E-state index is 6.41. The van der Waals surface area contributed by atoms with Gasteiger partial charge in [0.15, 0.2) is 0 Å². The Balaban J connectivity index is 0.000000207. The number of benzene rings is 6. The van der Waals surface area contributed by atoms with Gasteiger partial charge in [-0.3, -0.25) is 0 Å². The largest absolute Gasteiger partial charge is 0.356 e. The number of aryl methyl sites for hydroxylation is 2. The highest BCUT2D eigenvalue weighted by Crippen LogP contribution is 2.38. The zero-order valence-corrected chi connectivity index (χ0v) is 37.2. The van der Waals surface area contributed by atoms with Crippen LogP contribution in [0.25, 0.3) is 0 Å². The predicted octanol–water partition coefficient (Wildman–Crippen LogP) is 17.5. The summed E-state index contributed by atoms with van der Waals surface area (Å²) >= 11 is 15.5. The molecule has 1 N–H and O–H groups in total. The van der Waals surface area contributed by atoms with E-state index in [2.05, 4.69) is 192 Å². The van der Waals surface area contributed by atoms with Gasteiger partial charge in [-0.05, 0) is 156 Å². The fourth-order valence-electron chi connectivity index (χ4n) is 6.15. The molecule has 0 saturated carbocycles. The van der Waals surface area contributed by atoms with Crippen LogP contribution in [0.4, 0.5) is 28.4 Å². The van der Waals surface area contributed by atoms with Gasteiger partial charge in [-0.15, -0.1) is 0 Å². The van der Waals surface area contributed by atoms with Gasteiger partial charge in [0.25, 0.3) is 0 Å². The van der Waals surface area contributed by atoms with E-state index in [1.807, 2.05) is 37.3 Å². The number of nitrogens with zero attached hydrogens (tertiary/aromatic N) is 1. The highest BCUT2D eigenvalue weighted by atomic mass is 79.9. The normalized spacial score (nSPS) is 10.9. The van der Waals surface area contributed by atoms with Crippen molar-refractivity contribution in [1.82, 2.24) is 0 Å². The van der Waals surface area contributed by atoms with Crippen LogP contribution in [-0.2, 0) is 0 Å². The minimum absolute atomic E-state index is 0.481. The third-order valence-electron chi connectivity index (χ3n) is 9.28. The minimum Gasteiger partial charge on any atom is -0.356 e. The van der Waals surface area contributed by atoms with E-state index in [9.17, 15) is 0 Å². The summed E-state index contributed by atoms with van der Waals surface area (Å²) in [5, 5.41) is 5.03. The van der Waals surface area contributed by atoms with Crippen LogP contribution in [0.3, 0.4) is 0 Å². The molecular formula is C50H57BrCl2N2. The van der Waals surface area contributed by atoms with E-state index in [0.29, 0.717) is 23.7 Å². The van der Waals surface area contributed by atoms with Crippen molar-refractivity contribution in [2.75, 3.05) is 10.2 Å². The van der Waals surface area contributed by atoms with E-state index in [0.717, 1.165) is 48.5 Å². The third-order valence-corrected chi connectivity index (χ3v) is 10.2. The molecule has 288 valence electrons. The lowest BCUT2D eigenvalue weighted by atomic mass is 10.0. The number of hydrogen-bond donors (Lipinski definition) is 1. The number of rotatable bonds is 9. The summed E-state index contributed by atoms with van der Waals surface area (Å²) in [4.78, 5) is 2.30. The van der Waals surface area contributed by atoms with Crippen LogP contribution in [-0.4, -0.2) is 0 Å². The Bertz CT molecular complexity index is 1960. The van der Waals surface area contributed by atoms with Gasteiger partial charge in [0.2, 0.25) is 0 Å². The first-order valence-electron chi connectivity index (χ1n) is 19.3. The zero-order chi connectivity index (χ0) is 40.2. The molecule has 0 aliphatic rings. The maximum Gasteiger partial charge on any atom is 0.0479 e. The van der Waals surface area contributed by atoms with Gasteiger partial charge < -0.3 is 10.2 Å². The van der Waals surface area contributed by atoms with Crippen LogP contribution in [0.15, 0.2) is 138 Å². The van der Waals surface area contributed by atoms with Gasteiger partial charge in [-0.25, -0.2) is 0 Å². The van der Waals surface area contributed by atoms with Crippen LogP contribution < -0.4 is 10.2 Å². The fraction of sp³-hybridized carbons (Fsp3) is 0.280. The van der Waals surface area contributed by atoms with Crippen LogP contribution in [0.2, 0.25) is 10.0 Å². The monoisotopic (exact) mass is 834 g/mol. The van der Waals surface area contributed by atoms with Crippen LogP contribution in [0.1, 0.15) is 112 Å². The quantitative estimate of drug-likeness (QED) is 0.156. The van der Waals surface area contributed by atoms with Crippen molar-refractivity contribution in [2.45, 2.75) is 92.9 Å². The lowest BCUT2D eigenvalue weighted by molar-refractivity contribution is 0.864. The third kappa shape index (κ3) is 13.6. The molecule has 0 unspecified atom stereocenters. The lowest BCUT2D eigenvalue weighted by Crippen LogP contribution is -2.11. The molecule has 6 rings (SSSR count). The Kier molecular flexibility index (Phi) is 16.5. The van der Waals surface area contributed by atoms with Crippen molar-refractivity contribution in [3.05, 3.63) is 181 Å². The molecule has 0 amide bonds. The molecule has 5 heteroatoms. The van der Waals surface area contributed by atoms with E-state index in [4.69, 9.17) is 23.2 Å². The Morgan fingerprint density at radius 3 is 1.20 bits per heavy atom. The van der Waals surface area contributed by atoms with Crippen molar-refractivity contribution < 1.29 is 0 Å². The molecule has 0 aliphatic heterocycles. The van der Waals surface area contributed by atoms with Crippen molar-refractivity contribution >= 4 is 67.6 Å². The summed E-state index contributed by atoms with van der Waals surface area (Å²) in [6, 6.07) is 46.9. The SMILES string of the molecule is CC(C)c1cccc(Nc2cccc(C(C)C)c2)c1.Cc1cc(Cl)cc(Br)c1.Cc1cc(Cl)cc(N(c2cccc(C(C)C)c2)c2cccc(C(C)C)c2)c1. The highest BCUT2D eigenvalue weighted by Gasteiger charge is 2.16. The van der Waals surface area contributed by atoms with Gasteiger partial charge in [-0.2, -0.15) is 0 Å². The molecule has 0 heterocycles. The molecule has 0 radical (unpaired) electrons. The Morgan fingerprint density at radius 2 is 0.818 bits per heavy atom. The molecule has 6 aromatic carbocycles. The minimum atomic E-state index is 0.481. The summed E-state index contributed by atoms with van der Waals surface area (Å²) in [6.45, 7) is 21.9. The van der Waals surface area contributed by atoms with Crippen LogP contribution >= 0.6 is 39.1 Å². The highest BCUT2D eigenvalue weighted by molar-refractivity contribution is 9.10. The van der Waals surface area contributed by atoms with Gasteiger partial charge in [0.05, 0.1) is 0 Å². The van der Waals surface area contributed by atoms with Crippen molar-refractivity contribution in [1.29, 1.82) is 0 Å². The molecule has 0 saturated heterocycles. The molecule has 0 atom stereocenters. The van der Waals surface area contributed by atoms with Gasteiger partial charge in [0, 0.05) is 43.0 Å². The summed E-state index contributed by atoms with van der Waals surface area (Å²) < 4.78 is 1.03. The molecule has 2 nitrogen and oxygen atoms in total. The van der Waals surface area contributed by atoms with Crippen LogP contribution in [0, 0.1) is 13.8 Å². The average molecular weight is 837 g/mol. The van der Waals surface area contributed by atoms with Crippen LogP contribution in [0.5, 0.6) is 0 Å². The van der Waals surface area contributed by atoms with Crippen molar-refractivity contribution in [3.63, 3.8) is 0 Å². The molecule has 0 aromatic heterocycles. The summed E-state index contributed by atoms with van der Waals surface area (Å²) in [7, 11) is 0. The van der Waals surface area contributed by atoms with E-state index < -0.39 is 0 Å². The number of anilines is 5. The molecule has 0 bridgehead atoms. The Morgan fingerprint density at radius 1 is 0.436 bits per heavy atom. The molecule has 0 aliphatic carbocycles. The first kappa shape index (κ1) is 43.7. The predicted molar refractivity (Wildman–Crippen MR) is 247 cm³/mol. The smallest absolute Gasteiger partial charge is 0.0479 e. The number of hydrogen-bond acceptors (Lipinski definition) is 2. The summed E-state index contributed by atoms with van der Waals surface area (Å²) in [6.07, 6.45) is 0. The molecule has 0 fully saturated rings. The van der Waals surface area contributed by atoms with E-state index in [1.54, 1.807) is 0 Å². The van der Waals surface area contributed by atoms with Gasteiger partial charge >= 0.3 is 0 Å². The first-order chi connectivity index (χ1) is 26.1. The molecular weight excluding hydrogens is 779 g/mol. The lowest BCUT2D eigenvalue weighted by Gasteiger charge is -2.27. The van der Waals surface area contributed by atoms with Gasteiger partial charge in [-0.1, -0.05) is 143 Å². The molecule has 55 heavy (non-hydrogen) atoms. The summed E-state index contributed by atoms with van der Waals surface area (Å²) in [5.74, 6) is 2.08. The van der Waals surface area contributed by atoms with E-state index in [1.165, 1.54) is 27.8 Å². The molecule has 6 aromatic rings. The standard InChI is InChI=1S/C25H28ClN.C18H23N.C7H6BrCl/c1-17(2)20-8-6-10-23(14-20)27(25-13-19(5)12-22(26)16-25)24-11-7-9-21(15-24)18(3)4;1-13(2)15-7-5-9-17(11-15)19-18-10-6-8-16(12-18)14(3)4;1-5-2-6(8)4-7(9)3-5/h6-18H,1-5H3;5-14,19H,1-4H3;2-4H,1H3. The first-order valence-corrected chi connectivity index (χ1v) is 20.8. The average Bonchev–Trinajstić information content (AvgIpc) is 3.12. The van der Waals surface area contributed by atoms with E-state index >= 15 is 0 Å². The maximum atomic E-state index is 6.41. The number of nitrogens with one attached hydrogen (secondary N) is 1. The topological polar surface area (TPSA) is 15.3 Å². The summed E-state index contributed by atoms with van der Waals surface area (Å²) in [5.41, 5.74) is 13.4. The molecule has 0 spiro atoms. The Hall–Kier alpha value is -4.02. The fourth-order valence-corrected chi connectivity index (χ4v) is 7.46. The van der Waals surface area contributed by atoms with Crippen molar-refractivity contribution in [2.24, 2.45) is 0 Å². The second-order valence-corrected chi connectivity index (χ2v) is 17.2. The zero-order valence-electron chi connectivity index (χ0n) is 34.1. The number of halogens is 3. The second-order valence-electron chi connectivity index (χ2n) is 15.5. The van der Waals surface area contributed by atoms with E-state index in [-0.39, 0.29) is 0 Å². The van der Waals surface area contributed by atoms with Crippen molar-refractivity contribution in [3.8, 4) is 0 Å².